The summed E-state index contributed by atoms with van der Waals surface area (Å²) < 4.78 is 1.93. The molecule has 1 N–H and O–H groups in total. The number of amides is 1. The van der Waals surface area contributed by atoms with E-state index in [9.17, 15) is 4.79 Å². The van der Waals surface area contributed by atoms with Crippen LogP contribution in [-0.2, 0) is 12.8 Å². The quantitative estimate of drug-likeness (QED) is 0.751. The predicted molar refractivity (Wildman–Crippen MR) is 99.7 cm³/mol. The van der Waals surface area contributed by atoms with Crippen LogP contribution in [0.4, 0.5) is 5.69 Å². The van der Waals surface area contributed by atoms with Crippen LogP contribution in [0.2, 0.25) is 5.02 Å². The number of halogens is 1. The van der Waals surface area contributed by atoms with Gasteiger partial charge in [-0.15, -0.1) is 0 Å². The van der Waals surface area contributed by atoms with Gasteiger partial charge in [-0.1, -0.05) is 41.9 Å². The van der Waals surface area contributed by atoms with Crippen molar-refractivity contribution in [2.45, 2.75) is 26.2 Å². The van der Waals surface area contributed by atoms with E-state index in [2.05, 4.69) is 23.4 Å². The first-order valence-corrected chi connectivity index (χ1v) is 8.75. The first-order chi connectivity index (χ1) is 12.1. The van der Waals surface area contributed by atoms with Gasteiger partial charge in [-0.25, -0.2) is 4.68 Å². The Morgan fingerprint density at radius 3 is 2.68 bits per heavy atom. The standard InChI is InChI=1S/C20H18ClN3O/c1-13-7-2-5-11-17(13)24-18-12-6-8-14(18)19(23-24)20(25)22-16-10-4-3-9-15(16)21/h2-5,7,9-11H,6,8,12H2,1H3,(H,22,25). The highest BCUT2D eigenvalue weighted by molar-refractivity contribution is 6.33. The number of carbonyl (C=O) groups is 1. The molecule has 5 heteroatoms. The minimum absolute atomic E-state index is 0.210. The fourth-order valence-electron chi connectivity index (χ4n) is 3.36. The van der Waals surface area contributed by atoms with Crippen LogP contribution in [-0.4, -0.2) is 15.7 Å². The molecule has 0 bridgehead atoms. The van der Waals surface area contributed by atoms with Crippen molar-refractivity contribution in [3.8, 4) is 5.69 Å². The SMILES string of the molecule is Cc1ccccc1-n1nc(C(=O)Nc2ccccc2Cl)c2c1CCC2. The number of nitrogens with zero attached hydrogens (tertiary/aromatic N) is 2. The number of carbonyl (C=O) groups excluding carboxylic acids is 1. The molecule has 1 amide bonds. The molecule has 0 radical (unpaired) electrons. The smallest absolute Gasteiger partial charge is 0.276 e. The third-order valence-electron chi connectivity index (χ3n) is 4.61. The number of para-hydroxylation sites is 2. The Hall–Kier alpha value is -2.59. The van der Waals surface area contributed by atoms with Gasteiger partial charge >= 0.3 is 0 Å². The zero-order valence-corrected chi connectivity index (χ0v) is 14.7. The summed E-state index contributed by atoms with van der Waals surface area (Å²) in [4.78, 5) is 12.8. The van der Waals surface area contributed by atoms with E-state index in [-0.39, 0.29) is 5.91 Å². The van der Waals surface area contributed by atoms with Gasteiger partial charge in [0.05, 0.1) is 16.4 Å². The summed E-state index contributed by atoms with van der Waals surface area (Å²) in [6, 6.07) is 15.3. The maximum atomic E-state index is 12.8. The second-order valence-corrected chi connectivity index (χ2v) is 6.67. The van der Waals surface area contributed by atoms with Crippen molar-refractivity contribution >= 4 is 23.2 Å². The summed E-state index contributed by atoms with van der Waals surface area (Å²) in [7, 11) is 0. The molecule has 126 valence electrons. The second-order valence-electron chi connectivity index (χ2n) is 6.26. The minimum Gasteiger partial charge on any atom is -0.319 e. The Labute approximate surface area is 151 Å². The summed E-state index contributed by atoms with van der Waals surface area (Å²) in [5.74, 6) is -0.210. The van der Waals surface area contributed by atoms with Crippen molar-refractivity contribution in [1.29, 1.82) is 0 Å². The monoisotopic (exact) mass is 351 g/mol. The average molecular weight is 352 g/mol. The zero-order chi connectivity index (χ0) is 17.4. The zero-order valence-electron chi connectivity index (χ0n) is 13.9. The van der Waals surface area contributed by atoms with Crippen molar-refractivity contribution in [3.05, 3.63) is 76.1 Å². The van der Waals surface area contributed by atoms with Crippen molar-refractivity contribution in [2.75, 3.05) is 5.32 Å². The topological polar surface area (TPSA) is 46.9 Å². The maximum absolute atomic E-state index is 12.8. The van der Waals surface area contributed by atoms with Gasteiger partial charge in [-0.05, 0) is 49.9 Å². The van der Waals surface area contributed by atoms with Crippen molar-refractivity contribution in [1.82, 2.24) is 9.78 Å². The lowest BCUT2D eigenvalue weighted by molar-refractivity contribution is 0.102. The molecule has 0 saturated carbocycles. The number of aromatic nitrogens is 2. The fourth-order valence-corrected chi connectivity index (χ4v) is 3.55. The molecular formula is C20H18ClN3O. The van der Waals surface area contributed by atoms with E-state index in [0.29, 0.717) is 16.4 Å². The van der Waals surface area contributed by atoms with Gasteiger partial charge in [0.1, 0.15) is 0 Å². The Bertz CT molecular complexity index is 961. The number of hydrogen-bond acceptors (Lipinski definition) is 2. The van der Waals surface area contributed by atoms with E-state index < -0.39 is 0 Å². The largest absolute Gasteiger partial charge is 0.319 e. The lowest BCUT2D eigenvalue weighted by atomic mass is 10.1. The molecule has 4 nitrogen and oxygen atoms in total. The van der Waals surface area contributed by atoms with Crippen molar-refractivity contribution < 1.29 is 4.79 Å². The fraction of sp³-hybridized carbons (Fsp3) is 0.200. The molecule has 3 aromatic rings. The summed E-state index contributed by atoms with van der Waals surface area (Å²) in [6.45, 7) is 2.06. The summed E-state index contributed by atoms with van der Waals surface area (Å²) >= 11 is 6.15. The van der Waals surface area contributed by atoms with Crippen LogP contribution in [0.5, 0.6) is 0 Å². The normalized spacial score (nSPS) is 12.9. The lowest BCUT2D eigenvalue weighted by Gasteiger charge is -2.08. The number of rotatable bonds is 3. The van der Waals surface area contributed by atoms with Gasteiger partial charge in [-0.2, -0.15) is 5.10 Å². The van der Waals surface area contributed by atoms with Crippen LogP contribution in [0.15, 0.2) is 48.5 Å². The van der Waals surface area contributed by atoms with E-state index in [1.54, 1.807) is 12.1 Å². The lowest BCUT2D eigenvalue weighted by Crippen LogP contribution is -2.15. The van der Waals surface area contributed by atoms with Gasteiger partial charge < -0.3 is 5.32 Å². The van der Waals surface area contributed by atoms with Crippen LogP contribution in [0, 0.1) is 6.92 Å². The molecule has 2 aromatic carbocycles. The molecular weight excluding hydrogens is 334 g/mol. The molecule has 0 atom stereocenters. The number of hydrogen-bond donors (Lipinski definition) is 1. The number of anilines is 1. The van der Waals surface area contributed by atoms with Gasteiger partial charge in [0.15, 0.2) is 5.69 Å². The first-order valence-electron chi connectivity index (χ1n) is 8.38. The number of aryl methyl sites for hydroxylation is 1. The number of benzene rings is 2. The molecule has 0 fully saturated rings. The molecule has 0 saturated heterocycles. The van der Waals surface area contributed by atoms with Crippen LogP contribution in [0.1, 0.15) is 33.7 Å². The highest BCUT2D eigenvalue weighted by Gasteiger charge is 2.27. The second kappa shape index (κ2) is 6.37. The van der Waals surface area contributed by atoms with Gasteiger partial charge in [-0.3, -0.25) is 4.79 Å². The van der Waals surface area contributed by atoms with Crippen LogP contribution < -0.4 is 5.32 Å². The predicted octanol–water partition coefficient (Wildman–Crippen LogP) is 4.58. The van der Waals surface area contributed by atoms with E-state index in [4.69, 9.17) is 11.6 Å². The summed E-state index contributed by atoms with van der Waals surface area (Å²) in [6.07, 6.45) is 2.87. The molecule has 25 heavy (non-hydrogen) atoms. The molecule has 1 heterocycles. The molecule has 1 aliphatic carbocycles. The maximum Gasteiger partial charge on any atom is 0.276 e. The number of fused-ring (bicyclic) bond motifs is 1. The molecule has 1 aliphatic rings. The third kappa shape index (κ3) is 2.83. The highest BCUT2D eigenvalue weighted by atomic mass is 35.5. The third-order valence-corrected chi connectivity index (χ3v) is 4.94. The van der Waals surface area contributed by atoms with Crippen molar-refractivity contribution in [2.24, 2.45) is 0 Å². The van der Waals surface area contributed by atoms with Gasteiger partial charge in [0, 0.05) is 11.3 Å². The van der Waals surface area contributed by atoms with Crippen molar-refractivity contribution in [3.63, 3.8) is 0 Å². The Morgan fingerprint density at radius 2 is 1.88 bits per heavy atom. The summed E-state index contributed by atoms with van der Waals surface area (Å²) in [5, 5.41) is 8.06. The molecule has 0 aliphatic heterocycles. The van der Waals surface area contributed by atoms with E-state index >= 15 is 0 Å². The molecule has 0 spiro atoms. The van der Waals surface area contributed by atoms with Gasteiger partial charge in [0.2, 0.25) is 0 Å². The van der Waals surface area contributed by atoms with Crippen LogP contribution >= 0.6 is 11.6 Å². The highest BCUT2D eigenvalue weighted by Crippen LogP contribution is 2.30. The van der Waals surface area contributed by atoms with E-state index in [1.165, 1.54) is 0 Å². The summed E-state index contributed by atoms with van der Waals surface area (Å²) in [5.41, 5.74) is 5.45. The Morgan fingerprint density at radius 1 is 1.12 bits per heavy atom. The first kappa shape index (κ1) is 15.9. The Balaban J connectivity index is 1.74. The van der Waals surface area contributed by atoms with E-state index in [0.717, 1.165) is 41.8 Å². The molecule has 4 rings (SSSR count). The Kier molecular flexibility index (Phi) is 4.06. The van der Waals surface area contributed by atoms with Crippen LogP contribution in [0.3, 0.4) is 0 Å². The molecule has 0 unspecified atom stereocenters. The average Bonchev–Trinajstić information content (AvgIpc) is 3.20. The molecule has 1 aromatic heterocycles. The van der Waals surface area contributed by atoms with Gasteiger partial charge in [0.25, 0.3) is 5.91 Å². The number of nitrogens with one attached hydrogen (secondary N) is 1. The van der Waals surface area contributed by atoms with Crippen LogP contribution in [0.25, 0.3) is 5.69 Å². The van der Waals surface area contributed by atoms with E-state index in [1.807, 2.05) is 35.0 Å². The minimum atomic E-state index is -0.210.